The fourth-order valence-electron chi connectivity index (χ4n) is 8.00. The highest BCUT2D eigenvalue weighted by Crippen LogP contribution is 2.56. The molecule has 0 saturated heterocycles. The number of hydrogen-bond acceptors (Lipinski definition) is 1. The zero-order valence-corrected chi connectivity index (χ0v) is 24.5. The van der Waals surface area contributed by atoms with E-state index in [4.69, 9.17) is 0 Å². The number of allylic oxidation sites excluding steroid dienone is 4. The second kappa shape index (κ2) is 8.96. The Kier molecular flexibility index (Phi) is 5.11. The zero-order chi connectivity index (χ0) is 28.7. The Labute approximate surface area is 252 Å². The highest BCUT2D eigenvalue weighted by Gasteiger charge is 2.41. The van der Waals surface area contributed by atoms with Gasteiger partial charge in [-0.15, -0.1) is 0 Å². The van der Waals surface area contributed by atoms with E-state index >= 15 is 0 Å². The standard InChI is InChI=1S/C41H32N2/c1-41(2)34-21-13-12-20-31(34)33-26-27-22-23-32-35(42(28-14-6-3-7-15-28)29-16-8-4-9-17-29)24-25-36-38(32)37(27)40(39(33)41)43(36)30-18-10-5-11-19-30/h3-12,14-20,22-26H,13,21H2,1-2H3. The summed E-state index contributed by atoms with van der Waals surface area (Å²) in [7, 11) is 0. The first kappa shape index (κ1) is 24.5. The monoisotopic (exact) mass is 552 g/mol. The van der Waals surface area contributed by atoms with Gasteiger partial charge in [-0.2, -0.15) is 0 Å². The average Bonchev–Trinajstić information content (AvgIpc) is 3.52. The van der Waals surface area contributed by atoms with Gasteiger partial charge in [-0.25, -0.2) is 0 Å². The Hall–Kier alpha value is -5.08. The Balaban J connectivity index is 1.43. The Morgan fingerprint density at radius 1 is 0.698 bits per heavy atom. The second-order valence-electron chi connectivity index (χ2n) is 12.5. The minimum Gasteiger partial charge on any atom is -0.310 e. The summed E-state index contributed by atoms with van der Waals surface area (Å²) in [4.78, 5) is 2.40. The molecule has 0 N–H and O–H groups in total. The van der Waals surface area contributed by atoms with Crippen LogP contribution in [0.4, 0.5) is 17.1 Å². The summed E-state index contributed by atoms with van der Waals surface area (Å²) >= 11 is 0. The molecule has 206 valence electrons. The van der Waals surface area contributed by atoms with Crippen molar-refractivity contribution < 1.29 is 0 Å². The molecular formula is C41H32N2. The lowest BCUT2D eigenvalue weighted by Crippen LogP contribution is -2.19. The Morgan fingerprint density at radius 2 is 1.37 bits per heavy atom. The first-order valence-corrected chi connectivity index (χ1v) is 15.4. The molecule has 9 rings (SSSR count). The molecule has 0 radical (unpaired) electrons. The van der Waals surface area contributed by atoms with Gasteiger partial charge in [-0.05, 0) is 89.5 Å². The summed E-state index contributed by atoms with van der Waals surface area (Å²) in [6, 6.07) is 44.3. The number of aromatic nitrogens is 1. The third kappa shape index (κ3) is 3.35. The Morgan fingerprint density at radius 3 is 2.07 bits per heavy atom. The minimum atomic E-state index is -0.0425. The summed E-state index contributed by atoms with van der Waals surface area (Å²) in [6.07, 6.45) is 6.99. The highest BCUT2D eigenvalue weighted by molar-refractivity contribution is 6.28. The van der Waals surface area contributed by atoms with Crippen molar-refractivity contribution in [2.24, 2.45) is 0 Å². The molecule has 2 heteroatoms. The largest absolute Gasteiger partial charge is 0.310 e. The molecule has 2 aliphatic carbocycles. The fraction of sp³-hybridized carbons (Fsp3) is 0.122. The van der Waals surface area contributed by atoms with E-state index in [-0.39, 0.29) is 5.41 Å². The lowest BCUT2D eigenvalue weighted by molar-refractivity contribution is 0.610. The number of rotatable bonds is 4. The van der Waals surface area contributed by atoms with Crippen LogP contribution in [-0.4, -0.2) is 4.57 Å². The molecule has 0 unspecified atom stereocenters. The second-order valence-corrected chi connectivity index (χ2v) is 12.5. The van der Waals surface area contributed by atoms with E-state index < -0.39 is 0 Å². The van der Waals surface area contributed by atoms with E-state index in [2.05, 4.69) is 157 Å². The molecule has 0 fully saturated rings. The maximum absolute atomic E-state index is 2.55. The average molecular weight is 553 g/mol. The molecular weight excluding hydrogens is 520 g/mol. The van der Waals surface area contributed by atoms with E-state index in [0.29, 0.717) is 0 Å². The molecule has 2 aliphatic rings. The fourth-order valence-corrected chi connectivity index (χ4v) is 8.00. The first-order chi connectivity index (χ1) is 21.1. The van der Waals surface area contributed by atoms with Crippen molar-refractivity contribution in [1.82, 2.24) is 4.57 Å². The predicted molar refractivity (Wildman–Crippen MR) is 182 cm³/mol. The van der Waals surface area contributed by atoms with E-state index in [1.54, 1.807) is 5.57 Å². The highest BCUT2D eigenvalue weighted by atomic mass is 15.1. The number of anilines is 3. The van der Waals surface area contributed by atoms with Crippen LogP contribution in [-0.2, 0) is 5.41 Å². The molecule has 0 amide bonds. The number of fused-ring (bicyclic) bond motifs is 3. The van der Waals surface area contributed by atoms with Crippen LogP contribution in [0.2, 0.25) is 0 Å². The van der Waals surface area contributed by atoms with Gasteiger partial charge < -0.3 is 9.47 Å². The molecule has 0 aliphatic heterocycles. The molecule has 43 heavy (non-hydrogen) atoms. The maximum atomic E-state index is 2.55. The summed E-state index contributed by atoms with van der Waals surface area (Å²) in [5, 5.41) is 5.29. The lowest BCUT2D eigenvalue weighted by atomic mass is 9.77. The van der Waals surface area contributed by atoms with Gasteiger partial charge in [-0.1, -0.05) is 98.3 Å². The van der Waals surface area contributed by atoms with Crippen molar-refractivity contribution in [3.63, 3.8) is 0 Å². The van der Waals surface area contributed by atoms with E-state index in [0.717, 1.165) is 24.2 Å². The maximum Gasteiger partial charge on any atom is 0.0594 e. The van der Waals surface area contributed by atoms with Crippen LogP contribution < -0.4 is 4.90 Å². The molecule has 1 aromatic heterocycles. The van der Waals surface area contributed by atoms with Gasteiger partial charge in [0.15, 0.2) is 0 Å². The molecule has 2 nitrogen and oxygen atoms in total. The molecule has 6 aromatic carbocycles. The van der Waals surface area contributed by atoms with E-state index in [9.17, 15) is 0 Å². The lowest BCUT2D eigenvalue weighted by Gasteiger charge is -2.27. The van der Waals surface area contributed by atoms with Crippen molar-refractivity contribution in [3.05, 3.63) is 150 Å². The number of benzene rings is 6. The smallest absolute Gasteiger partial charge is 0.0594 e. The third-order valence-electron chi connectivity index (χ3n) is 9.80. The van der Waals surface area contributed by atoms with E-state index in [1.807, 2.05) is 0 Å². The topological polar surface area (TPSA) is 8.17 Å². The van der Waals surface area contributed by atoms with Crippen molar-refractivity contribution in [3.8, 4) is 5.69 Å². The summed E-state index contributed by atoms with van der Waals surface area (Å²) in [5.41, 5.74) is 13.2. The molecule has 0 spiro atoms. The minimum absolute atomic E-state index is 0.0425. The van der Waals surface area contributed by atoms with Crippen molar-refractivity contribution in [1.29, 1.82) is 0 Å². The molecule has 7 aromatic rings. The quantitative estimate of drug-likeness (QED) is 0.197. The number of para-hydroxylation sites is 3. The van der Waals surface area contributed by atoms with Crippen LogP contribution in [0.25, 0.3) is 43.8 Å². The first-order valence-electron chi connectivity index (χ1n) is 15.4. The van der Waals surface area contributed by atoms with Crippen molar-refractivity contribution in [2.75, 3.05) is 4.90 Å². The third-order valence-corrected chi connectivity index (χ3v) is 9.80. The van der Waals surface area contributed by atoms with Gasteiger partial charge in [0.2, 0.25) is 0 Å². The number of hydrogen-bond donors (Lipinski definition) is 0. The normalized spacial score (nSPS) is 15.5. The van der Waals surface area contributed by atoms with Crippen molar-refractivity contribution >= 4 is 55.2 Å². The molecule has 0 bridgehead atoms. The van der Waals surface area contributed by atoms with Crippen molar-refractivity contribution in [2.45, 2.75) is 32.1 Å². The molecule has 1 heterocycles. The number of nitrogens with zero attached hydrogens (tertiary/aromatic N) is 2. The Bertz CT molecular complexity index is 2190. The molecule has 0 saturated carbocycles. The van der Waals surface area contributed by atoms with Gasteiger partial charge >= 0.3 is 0 Å². The van der Waals surface area contributed by atoms with Crippen LogP contribution in [0.15, 0.2) is 139 Å². The van der Waals surface area contributed by atoms with Crippen LogP contribution in [0.3, 0.4) is 0 Å². The summed E-state index contributed by atoms with van der Waals surface area (Å²) in [5.74, 6) is 0. The van der Waals surface area contributed by atoms with E-state index in [1.165, 1.54) is 60.7 Å². The zero-order valence-electron chi connectivity index (χ0n) is 24.5. The van der Waals surface area contributed by atoms with Gasteiger partial charge in [-0.3, -0.25) is 0 Å². The predicted octanol–water partition coefficient (Wildman–Crippen LogP) is 11.2. The van der Waals surface area contributed by atoms with Gasteiger partial charge in [0.05, 0.1) is 16.7 Å². The van der Waals surface area contributed by atoms with Gasteiger partial charge in [0.25, 0.3) is 0 Å². The van der Waals surface area contributed by atoms with Gasteiger partial charge in [0, 0.05) is 38.6 Å². The van der Waals surface area contributed by atoms with Crippen LogP contribution in [0, 0.1) is 0 Å². The van der Waals surface area contributed by atoms with Crippen LogP contribution >= 0.6 is 0 Å². The van der Waals surface area contributed by atoms with Gasteiger partial charge in [0.1, 0.15) is 0 Å². The SMILES string of the molecule is CC1(C)C2=C(C=CCC2)c2cc3ccc4c(N(c5ccccc5)c5ccccc5)ccc5c4c3c(c21)n5-c1ccccc1. The van der Waals surface area contributed by atoms with Crippen LogP contribution in [0.5, 0.6) is 0 Å². The summed E-state index contributed by atoms with van der Waals surface area (Å²) in [6.45, 7) is 4.89. The summed E-state index contributed by atoms with van der Waals surface area (Å²) < 4.78 is 2.55. The molecule has 0 atom stereocenters. The van der Waals surface area contributed by atoms with Crippen LogP contribution in [0.1, 0.15) is 37.8 Å².